The molecule has 0 saturated heterocycles. The highest BCUT2D eigenvalue weighted by atomic mass is 127. The van der Waals surface area contributed by atoms with Crippen LogP contribution in [0, 0.1) is 5.92 Å². The number of rotatable bonds is 8. The van der Waals surface area contributed by atoms with E-state index in [-0.39, 0.29) is 42.3 Å². The zero-order valence-corrected chi connectivity index (χ0v) is 17.9. The quantitative estimate of drug-likeness (QED) is 0.203. The van der Waals surface area contributed by atoms with E-state index in [1.807, 2.05) is 38.3 Å². The van der Waals surface area contributed by atoms with Crippen molar-refractivity contribution in [3.63, 3.8) is 0 Å². The zero-order chi connectivity index (χ0) is 17.3. The second kappa shape index (κ2) is 11.6. The van der Waals surface area contributed by atoms with E-state index in [2.05, 4.69) is 20.9 Å². The summed E-state index contributed by atoms with van der Waals surface area (Å²) in [6.07, 6.45) is 0. The highest BCUT2D eigenvalue weighted by molar-refractivity contribution is 14.0. The molecule has 0 saturated carbocycles. The van der Waals surface area contributed by atoms with E-state index >= 15 is 0 Å². The normalized spacial score (nSPS) is 13.8. The number of thiophene rings is 1. The molecule has 138 valence electrons. The first-order valence-corrected chi connectivity index (χ1v) is 8.81. The van der Waals surface area contributed by atoms with Gasteiger partial charge in [-0.25, -0.2) is 4.99 Å². The molecule has 0 spiro atoms. The van der Waals surface area contributed by atoms with E-state index in [1.165, 1.54) is 11.3 Å². The number of carbonyl (C=O) groups excluding carboxylic acids is 1. The summed E-state index contributed by atoms with van der Waals surface area (Å²) < 4.78 is 0. The first-order chi connectivity index (χ1) is 10.9. The lowest BCUT2D eigenvalue weighted by molar-refractivity contribution is -0.123. The van der Waals surface area contributed by atoms with Crippen molar-refractivity contribution in [3.8, 4) is 0 Å². The van der Waals surface area contributed by atoms with Gasteiger partial charge in [0.1, 0.15) is 5.60 Å². The fourth-order valence-electron chi connectivity index (χ4n) is 1.81. The lowest BCUT2D eigenvalue weighted by Crippen LogP contribution is -2.42. The number of aliphatic imine (C=N–C) groups is 1. The minimum Gasteiger partial charge on any atom is -0.383 e. The second-order valence-corrected chi connectivity index (χ2v) is 6.77. The van der Waals surface area contributed by atoms with Gasteiger partial charge in [0.2, 0.25) is 5.91 Å². The molecule has 0 aliphatic heterocycles. The smallest absolute Gasteiger partial charge is 0.222 e. The van der Waals surface area contributed by atoms with Gasteiger partial charge in [-0.3, -0.25) is 4.79 Å². The first kappa shape index (κ1) is 23.1. The summed E-state index contributed by atoms with van der Waals surface area (Å²) in [5, 5.41) is 21.5. The average molecular weight is 468 g/mol. The Kier molecular flexibility index (Phi) is 11.2. The average Bonchev–Trinajstić information content (AvgIpc) is 3.03. The van der Waals surface area contributed by atoms with E-state index in [4.69, 9.17) is 0 Å². The van der Waals surface area contributed by atoms with Gasteiger partial charge in [0.05, 0.1) is 6.54 Å². The molecule has 1 heterocycles. The van der Waals surface area contributed by atoms with Gasteiger partial charge in [-0.2, -0.15) is 0 Å². The summed E-state index contributed by atoms with van der Waals surface area (Å²) in [6, 6.07) is 3.82. The van der Waals surface area contributed by atoms with Crippen molar-refractivity contribution in [2.45, 2.75) is 33.3 Å². The van der Waals surface area contributed by atoms with Gasteiger partial charge in [0.15, 0.2) is 5.96 Å². The predicted molar refractivity (Wildman–Crippen MR) is 111 cm³/mol. The molecule has 0 radical (unpaired) electrons. The van der Waals surface area contributed by atoms with Crippen molar-refractivity contribution >= 4 is 47.2 Å². The van der Waals surface area contributed by atoms with Crippen molar-refractivity contribution in [2.75, 3.05) is 26.2 Å². The number of hydrogen-bond acceptors (Lipinski definition) is 4. The lowest BCUT2D eigenvalue weighted by Gasteiger charge is -2.20. The molecule has 0 aliphatic rings. The summed E-state index contributed by atoms with van der Waals surface area (Å²) in [4.78, 5) is 16.8. The van der Waals surface area contributed by atoms with Crippen molar-refractivity contribution in [1.82, 2.24) is 16.0 Å². The maximum atomic E-state index is 11.5. The van der Waals surface area contributed by atoms with E-state index in [1.54, 1.807) is 6.92 Å². The summed E-state index contributed by atoms with van der Waals surface area (Å²) in [5.41, 5.74) is -0.984. The van der Waals surface area contributed by atoms with Crippen LogP contribution in [0.5, 0.6) is 0 Å². The molecule has 1 rings (SSSR count). The monoisotopic (exact) mass is 468 g/mol. The van der Waals surface area contributed by atoms with Crippen molar-refractivity contribution in [2.24, 2.45) is 10.9 Å². The third-order valence-electron chi connectivity index (χ3n) is 3.18. The molecule has 1 aromatic heterocycles. The number of aliphatic hydroxyl groups is 1. The van der Waals surface area contributed by atoms with Crippen LogP contribution in [0.4, 0.5) is 0 Å². The SMILES string of the molecule is CCNC(=NCC(C)(O)c1cccs1)NCCNC(=O)C(C)C.I. The first-order valence-electron chi connectivity index (χ1n) is 7.93. The highest BCUT2D eigenvalue weighted by Crippen LogP contribution is 2.25. The molecular formula is C16H29IN4O2S. The third kappa shape index (κ3) is 8.29. The van der Waals surface area contributed by atoms with Crippen LogP contribution in [0.2, 0.25) is 0 Å². The standard InChI is InChI=1S/C16H28N4O2S.HI/c1-5-17-15(19-9-8-18-14(21)12(2)3)20-11-16(4,22)13-7-6-10-23-13;/h6-7,10,12,22H,5,8-9,11H2,1-4H3,(H,18,21)(H2,17,19,20);1H. The van der Waals surface area contributed by atoms with Crippen LogP contribution in [-0.2, 0) is 10.4 Å². The van der Waals surface area contributed by atoms with Gasteiger partial charge in [0, 0.05) is 30.4 Å². The molecule has 1 aromatic rings. The maximum absolute atomic E-state index is 11.5. The molecule has 24 heavy (non-hydrogen) atoms. The minimum atomic E-state index is -0.984. The molecule has 0 bridgehead atoms. The van der Waals surface area contributed by atoms with Crippen LogP contribution in [0.15, 0.2) is 22.5 Å². The molecule has 0 aromatic carbocycles. The molecule has 6 nitrogen and oxygen atoms in total. The molecule has 8 heteroatoms. The third-order valence-corrected chi connectivity index (χ3v) is 4.31. The van der Waals surface area contributed by atoms with Crippen LogP contribution >= 0.6 is 35.3 Å². The van der Waals surface area contributed by atoms with Crippen LogP contribution in [-0.4, -0.2) is 43.2 Å². The Hall–Kier alpha value is -0.870. The molecule has 1 unspecified atom stereocenters. The fourth-order valence-corrected chi connectivity index (χ4v) is 2.59. The number of nitrogens with one attached hydrogen (secondary N) is 3. The Morgan fingerprint density at radius 2 is 2.00 bits per heavy atom. The predicted octanol–water partition coefficient (Wildman–Crippen LogP) is 1.90. The minimum absolute atomic E-state index is 0. The molecule has 1 atom stereocenters. The van der Waals surface area contributed by atoms with Crippen molar-refractivity contribution in [3.05, 3.63) is 22.4 Å². The Morgan fingerprint density at radius 3 is 2.54 bits per heavy atom. The number of amides is 1. The molecule has 0 aliphatic carbocycles. The van der Waals surface area contributed by atoms with Gasteiger partial charge in [-0.1, -0.05) is 19.9 Å². The fraction of sp³-hybridized carbons (Fsp3) is 0.625. The van der Waals surface area contributed by atoms with Crippen molar-refractivity contribution < 1.29 is 9.90 Å². The molecular weight excluding hydrogens is 439 g/mol. The number of carbonyl (C=O) groups is 1. The van der Waals surface area contributed by atoms with E-state index in [0.29, 0.717) is 19.0 Å². The Bertz CT molecular complexity index is 504. The Labute approximate surface area is 165 Å². The van der Waals surface area contributed by atoms with Crippen molar-refractivity contribution in [1.29, 1.82) is 0 Å². The van der Waals surface area contributed by atoms with Crippen LogP contribution in [0.25, 0.3) is 0 Å². The Morgan fingerprint density at radius 1 is 1.33 bits per heavy atom. The summed E-state index contributed by atoms with van der Waals surface area (Å²) >= 11 is 1.51. The summed E-state index contributed by atoms with van der Waals surface area (Å²) in [5.74, 6) is 0.648. The van der Waals surface area contributed by atoms with Crippen LogP contribution < -0.4 is 16.0 Å². The van der Waals surface area contributed by atoms with E-state index in [0.717, 1.165) is 11.4 Å². The van der Waals surface area contributed by atoms with E-state index < -0.39 is 5.60 Å². The van der Waals surface area contributed by atoms with Crippen LogP contribution in [0.1, 0.15) is 32.6 Å². The largest absolute Gasteiger partial charge is 0.383 e. The van der Waals surface area contributed by atoms with E-state index in [9.17, 15) is 9.90 Å². The van der Waals surface area contributed by atoms with Gasteiger partial charge < -0.3 is 21.1 Å². The summed E-state index contributed by atoms with van der Waals surface area (Å²) in [7, 11) is 0. The maximum Gasteiger partial charge on any atom is 0.222 e. The molecule has 0 fully saturated rings. The van der Waals surface area contributed by atoms with Gasteiger partial charge >= 0.3 is 0 Å². The highest BCUT2D eigenvalue weighted by Gasteiger charge is 2.23. The zero-order valence-electron chi connectivity index (χ0n) is 14.8. The lowest BCUT2D eigenvalue weighted by atomic mass is 10.1. The number of hydrogen-bond donors (Lipinski definition) is 4. The van der Waals surface area contributed by atoms with Crippen LogP contribution in [0.3, 0.4) is 0 Å². The number of halogens is 1. The van der Waals surface area contributed by atoms with Gasteiger partial charge in [0.25, 0.3) is 0 Å². The summed E-state index contributed by atoms with van der Waals surface area (Å²) in [6.45, 7) is 9.56. The number of nitrogens with zero attached hydrogens (tertiary/aromatic N) is 1. The topological polar surface area (TPSA) is 85.8 Å². The molecule has 4 N–H and O–H groups in total. The van der Waals surface area contributed by atoms with Gasteiger partial charge in [-0.15, -0.1) is 35.3 Å². The van der Waals surface area contributed by atoms with Gasteiger partial charge in [-0.05, 0) is 25.3 Å². The Balaban J connectivity index is 0.00000529. The molecule has 1 amide bonds. The number of guanidine groups is 1. The second-order valence-electron chi connectivity index (χ2n) is 5.82.